The number of carbonyl (C=O) groups is 2. The minimum absolute atomic E-state index is 0.258. The number of amides is 2. The molecule has 0 saturated heterocycles. The Labute approximate surface area is 125 Å². The van der Waals surface area contributed by atoms with Crippen molar-refractivity contribution in [1.82, 2.24) is 21.0 Å². The second-order valence-electron chi connectivity index (χ2n) is 4.90. The maximum Gasteiger partial charge on any atom is 0.290 e. The van der Waals surface area contributed by atoms with Crippen molar-refractivity contribution in [2.24, 2.45) is 0 Å². The van der Waals surface area contributed by atoms with Crippen LogP contribution in [0, 0.1) is 0 Å². The van der Waals surface area contributed by atoms with E-state index in [1.54, 1.807) is 30.3 Å². The lowest BCUT2D eigenvalue weighted by atomic mass is 10.2. The molecule has 6 nitrogen and oxygen atoms in total. The van der Waals surface area contributed by atoms with E-state index in [2.05, 4.69) is 21.0 Å². The van der Waals surface area contributed by atoms with Crippen molar-refractivity contribution in [3.63, 3.8) is 0 Å². The standard InChI is InChI=1S/C14H13ClN4O2/c15-10-5-3-9(4-6-10)13(20)18-19-14(21)12-7-11(16-17-12)8-1-2-8/h3-8H,1-2H2,(H,16,17)(H,18,20)(H,19,21). The van der Waals surface area contributed by atoms with Crippen molar-refractivity contribution in [3.05, 3.63) is 52.3 Å². The SMILES string of the molecule is O=C(NNC(=O)c1cc(C2CC2)[nH]n1)c1ccc(Cl)cc1. The van der Waals surface area contributed by atoms with Crippen molar-refractivity contribution < 1.29 is 9.59 Å². The van der Waals surface area contributed by atoms with Gasteiger partial charge in [0.05, 0.1) is 0 Å². The Bertz CT molecular complexity index is 677. The average molecular weight is 305 g/mol. The minimum Gasteiger partial charge on any atom is -0.281 e. The molecule has 1 aromatic carbocycles. The van der Waals surface area contributed by atoms with E-state index < -0.39 is 11.8 Å². The summed E-state index contributed by atoms with van der Waals surface area (Å²) in [6, 6.07) is 8.07. The Morgan fingerprint density at radius 3 is 2.48 bits per heavy atom. The van der Waals surface area contributed by atoms with Crippen LogP contribution in [0.25, 0.3) is 0 Å². The molecule has 3 rings (SSSR count). The lowest BCUT2D eigenvalue weighted by Crippen LogP contribution is -2.41. The highest BCUT2D eigenvalue weighted by Crippen LogP contribution is 2.38. The largest absolute Gasteiger partial charge is 0.290 e. The molecule has 2 aromatic rings. The molecule has 0 atom stereocenters. The number of hydrogen-bond acceptors (Lipinski definition) is 3. The molecule has 0 spiro atoms. The first-order valence-electron chi connectivity index (χ1n) is 6.55. The molecule has 1 heterocycles. The number of hydrogen-bond donors (Lipinski definition) is 3. The van der Waals surface area contributed by atoms with Gasteiger partial charge < -0.3 is 0 Å². The first-order chi connectivity index (χ1) is 10.1. The summed E-state index contributed by atoms with van der Waals surface area (Å²) >= 11 is 5.74. The van der Waals surface area contributed by atoms with Gasteiger partial charge in [0.25, 0.3) is 11.8 Å². The van der Waals surface area contributed by atoms with Crippen LogP contribution in [0.15, 0.2) is 30.3 Å². The molecule has 2 amide bonds. The first-order valence-corrected chi connectivity index (χ1v) is 6.93. The lowest BCUT2D eigenvalue weighted by Gasteiger charge is -2.05. The second-order valence-corrected chi connectivity index (χ2v) is 5.33. The van der Waals surface area contributed by atoms with Gasteiger partial charge in [-0.25, -0.2) is 0 Å². The molecule has 0 aliphatic heterocycles. The third-order valence-electron chi connectivity index (χ3n) is 3.24. The number of aromatic nitrogens is 2. The maximum absolute atomic E-state index is 11.9. The summed E-state index contributed by atoms with van der Waals surface area (Å²) < 4.78 is 0. The van der Waals surface area contributed by atoms with E-state index >= 15 is 0 Å². The third kappa shape index (κ3) is 3.22. The summed E-state index contributed by atoms with van der Waals surface area (Å²) in [5.41, 5.74) is 6.29. The van der Waals surface area contributed by atoms with Crippen LogP contribution in [-0.2, 0) is 0 Å². The maximum atomic E-state index is 11.9. The molecule has 0 bridgehead atoms. The fourth-order valence-corrected chi connectivity index (χ4v) is 2.03. The van der Waals surface area contributed by atoms with E-state index in [4.69, 9.17) is 11.6 Å². The van der Waals surface area contributed by atoms with E-state index in [9.17, 15) is 9.59 Å². The topological polar surface area (TPSA) is 86.9 Å². The van der Waals surface area contributed by atoms with Crippen LogP contribution in [0.5, 0.6) is 0 Å². The number of aromatic amines is 1. The molecule has 21 heavy (non-hydrogen) atoms. The van der Waals surface area contributed by atoms with Crippen LogP contribution < -0.4 is 10.9 Å². The summed E-state index contributed by atoms with van der Waals surface area (Å²) in [5, 5.41) is 7.31. The Morgan fingerprint density at radius 1 is 1.14 bits per heavy atom. The van der Waals surface area contributed by atoms with Gasteiger partial charge in [-0.05, 0) is 43.2 Å². The van der Waals surface area contributed by atoms with Crippen LogP contribution >= 0.6 is 11.6 Å². The van der Waals surface area contributed by atoms with Gasteiger partial charge in [-0.3, -0.25) is 25.5 Å². The molecular formula is C14H13ClN4O2. The Kier molecular flexibility index (Phi) is 3.62. The Hall–Kier alpha value is -2.34. The Morgan fingerprint density at radius 2 is 1.81 bits per heavy atom. The third-order valence-corrected chi connectivity index (χ3v) is 3.50. The van der Waals surface area contributed by atoms with Crippen LogP contribution in [-0.4, -0.2) is 22.0 Å². The van der Waals surface area contributed by atoms with Gasteiger partial charge in [0.1, 0.15) is 0 Å². The summed E-state index contributed by atoms with van der Waals surface area (Å²) in [6.07, 6.45) is 2.24. The van der Waals surface area contributed by atoms with Gasteiger partial charge in [0.2, 0.25) is 0 Å². The number of halogens is 1. The average Bonchev–Trinajstić information content (AvgIpc) is 3.22. The van der Waals surface area contributed by atoms with Crippen LogP contribution in [0.3, 0.4) is 0 Å². The van der Waals surface area contributed by atoms with Crippen molar-refractivity contribution in [2.75, 3.05) is 0 Å². The van der Waals surface area contributed by atoms with Gasteiger partial charge in [-0.1, -0.05) is 11.6 Å². The molecule has 1 fully saturated rings. The van der Waals surface area contributed by atoms with E-state index in [-0.39, 0.29) is 5.69 Å². The molecule has 1 aliphatic carbocycles. The van der Waals surface area contributed by atoms with Gasteiger partial charge in [-0.15, -0.1) is 0 Å². The first kappa shape index (κ1) is 13.6. The summed E-state index contributed by atoms with van der Waals surface area (Å²) in [4.78, 5) is 23.7. The van der Waals surface area contributed by atoms with Crippen LogP contribution in [0.2, 0.25) is 5.02 Å². The number of rotatable bonds is 3. The normalized spacial score (nSPS) is 13.8. The highest BCUT2D eigenvalue weighted by atomic mass is 35.5. The predicted octanol–water partition coefficient (Wildman–Crippen LogP) is 2.02. The van der Waals surface area contributed by atoms with Gasteiger partial charge >= 0.3 is 0 Å². The zero-order valence-corrected chi connectivity index (χ0v) is 11.8. The van der Waals surface area contributed by atoms with E-state index in [1.165, 1.54) is 0 Å². The number of H-pyrrole nitrogens is 1. The Balaban J connectivity index is 1.57. The summed E-state index contributed by atoms with van der Waals surface area (Å²) in [6.45, 7) is 0. The van der Waals surface area contributed by atoms with Crippen molar-refractivity contribution >= 4 is 23.4 Å². The number of hydrazine groups is 1. The van der Waals surface area contributed by atoms with Crippen molar-refractivity contribution in [2.45, 2.75) is 18.8 Å². The second kappa shape index (κ2) is 5.57. The summed E-state index contributed by atoms with van der Waals surface area (Å²) in [5.74, 6) is -0.388. The lowest BCUT2D eigenvalue weighted by molar-refractivity contribution is 0.0844. The highest BCUT2D eigenvalue weighted by molar-refractivity contribution is 6.30. The molecule has 1 aromatic heterocycles. The quantitative estimate of drug-likeness (QED) is 0.758. The van der Waals surface area contributed by atoms with Crippen molar-refractivity contribution in [1.29, 1.82) is 0 Å². The van der Waals surface area contributed by atoms with Gasteiger partial charge in [-0.2, -0.15) is 5.10 Å². The number of nitrogens with zero attached hydrogens (tertiary/aromatic N) is 1. The van der Waals surface area contributed by atoms with E-state index in [0.29, 0.717) is 16.5 Å². The molecule has 1 saturated carbocycles. The number of nitrogens with one attached hydrogen (secondary N) is 3. The molecule has 1 aliphatic rings. The molecule has 3 N–H and O–H groups in total. The molecule has 0 radical (unpaired) electrons. The predicted molar refractivity (Wildman–Crippen MR) is 76.9 cm³/mol. The molecular weight excluding hydrogens is 292 g/mol. The zero-order valence-electron chi connectivity index (χ0n) is 11.0. The highest BCUT2D eigenvalue weighted by Gasteiger charge is 2.26. The molecule has 0 unspecified atom stereocenters. The summed E-state index contributed by atoms with van der Waals surface area (Å²) in [7, 11) is 0. The minimum atomic E-state index is -0.458. The van der Waals surface area contributed by atoms with Crippen LogP contribution in [0.4, 0.5) is 0 Å². The fraction of sp³-hybridized carbons (Fsp3) is 0.214. The van der Waals surface area contributed by atoms with E-state index in [1.807, 2.05) is 0 Å². The van der Waals surface area contributed by atoms with Gasteiger partial charge in [0, 0.05) is 22.2 Å². The fourth-order valence-electron chi connectivity index (χ4n) is 1.91. The number of carbonyl (C=O) groups excluding carboxylic acids is 2. The van der Waals surface area contributed by atoms with Crippen molar-refractivity contribution in [3.8, 4) is 0 Å². The van der Waals surface area contributed by atoms with Crippen LogP contribution in [0.1, 0.15) is 45.3 Å². The van der Waals surface area contributed by atoms with Gasteiger partial charge in [0.15, 0.2) is 5.69 Å². The molecule has 108 valence electrons. The molecule has 7 heteroatoms. The monoisotopic (exact) mass is 304 g/mol. The number of benzene rings is 1. The smallest absolute Gasteiger partial charge is 0.281 e. The van der Waals surface area contributed by atoms with E-state index in [0.717, 1.165) is 18.5 Å². The zero-order chi connectivity index (χ0) is 14.8.